The van der Waals surface area contributed by atoms with E-state index in [0.29, 0.717) is 12.3 Å². The van der Waals surface area contributed by atoms with Crippen LogP contribution < -0.4 is 4.90 Å². The minimum absolute atomic E-state index is 0.0745. The summed E-state index contributed by atoms with van der Waals surface area (Å²) in [7, 11) is 2.23. The monoisotopic (exact) mass is 343 g/mol. The van der Waals surface area contributed by atoms with Crippen LogP contribution in [0.25, 0.3) is 0 Å². The maximum absolute atomic E-state index is 12.6. The van der Waals surface area contributed by atoms with Crippen LogP contribution in [0.3, 0.4) is 0 Å². The number of likely N-dealkylation sites (N-methyl/N-ethyl adjacent to an activating group) is 1. The Hall–Kier alpha value is -1.69. The van der Waals surface area contributed by atoms with E-state index >= 15 is 0 Å². The molecule has 0 radical (unpaired) electrons. The topological polar surface area (TPSA) is 52.6 Å². The van der Waals surface area contributed by atoms with E-state index in [1.807, 2.05) is 19.2 Å². The van der Waals surface area contributed by atoms with Crippen LogP contribution in [0.5, 0.6) is 0 Å². The highest BCUT2D eigenvalue weighted by atomic mass is 16.2. The smallest absolute Gasteiger partial charge is 0.222 e. The number of carbonyl (C=O) groups is 1. The number of piperazine rings is 1. The molecule has 2 aliphatic heterocycles. The third-order valence-electron chi connectivity index (χ3n) is 6.27. The molecule has 1 aliphatic carbocycles. The molecule has 0 unspecified atom stereocenters. The van der Waals surface area contributed by atoms with Crippen LogP contribution in [-0.4, -0.2) is 71.0 Å². The number of hydrogen-bond acceptors (Lipinski definition) is 5. The molecular formula is C19H29N5O. The number of aryl methyl sites for hydroxylation is 1. The molecule has 1 aromatic heterocycles. The molecule has 0 aromatic carbocycles. The molecule has 4 rings (SSSR count). The number of rotatable bonds is 3. The Morgan fingerprint density at radius 1 is 1.24 bits per heavy atom. The largest absolute Gasteiger partial charge is 0.353 e. The minimum Gasteiger partial charge on any atom is -0.353 e. The van der Waals surface area contributed by atoms with Gasteiger partial charge in [-0.3, -0.25) is 9.69 Å². The summed E-state index contributed by atoms with van der Waals surface area (Å²) < 4.78 is 0. The molecule has 1 aromatic rings. The Kier molecular flexibility index (Phi) is 4.40. The van der Waals surface area contributed by atoms with Crippen molar-refractivity contribution in [3.05, 3.63) is 18.1 Å². The number of likely N-dealkylation sites (tertiary alicyclic amines) is 1. The molecule has 1 saturated carbocycles. The average Bonchev–Trinajstić information content (AvgIpc) is 3.43. The predicted octanol–water partition coefficient (Wildman–Crippen LogP) is 1.70. The quantitative estimate of drug-likeness (QED) is 0.836. The van der Waals surface area contributed by atoms with Crippen LogP contribution in [0.2, 0.25) is 0 Å². The van der Waals surface area contributed by atoms with Crippen molar-refractivity contribution < 1.29 is 4.79 Å². The van der Waals surface area contributed by atoms with Crippen molar-refractivity contribution in [3.63, 3.8) is 0 Å². The molecule has 1 atom stereocenters. The van der Waals surface area contributed by atoms with Crippen LogP contribution >= 0.6 is 0 Å². The zero-order valence-electron chi connectivity index (χ0n) is 15.4. The number of amides is 1. The molecule has 0 N–H and O–H groups in total. The summed E-state index contributed by atoms with van der Waals surface area (Å²) in [5.41, 5.74) is 0.0745. The second-order valence-electron chi connectivity index (χ2n) is 8.06. The van der Waals surface area contributed by atoms with Gasteiger partial charge in [0.2, 0.25) is 5.91 Å². The maximum Gasteiger partial charge on any atom is 0.222 e. The lowest BCUT2D eigenvalue weighted by Crippen LogP contribution is -2.61. The molecule has 3 fully saturated rings. The Morgan fingerprint density at radius 2 is 2.08 bits per heavy atom. The summed E-state index contributed by atoms with van der Waals surface area (Å²) in [6.45, 7) is 6.76. The first-order valence-electron chi connectivity index (χ1n) is 9.59. The summed E-state index contributed by atoms with van der Waals surface area (Å²) >= 11 is 0. The van der Waals surface area contributed by atoms with E-state index in [-0.39, 0.29) is 5.54 Å². The Balaban J connectivity index is 1.51. The molecule has 1 amide bonds. The maximum atomic E-state index is 12.6. The molecule has 0 bridgehead atoms. The van der Waals surface area contributed by atoms with Crippen molar-refractivity contribution in [2.24, 2.45) is 5.92 Å². The second kappa shape index (κ2) is 6.56. The van der Waals surface area contributed by atoms with Crippen molar-refractivity contribution in [2.75, 3.05) is 44.7 Å². The number of aromatic nitrogens is 2. The van der Waals surface area contributed by atoms with Crippen LogP contribution in [0.15, 0.2) is 12.3 Å². The standard InChI is InChI=1S/C19H29N5O/c1-15-20-9-6-17(21-15)24-12-11-22(2)19(14-24)7-5-18(25)23(10-8-19)13-16-3-4-16/h6,9,16H,3-5,7-8,10-14H2,1-2H3/t19-/m1/s1. The van der Waals surface area contributed by atoms with Crippen molar-refractivity contribution in [1.29, 1.82) is 0 Å². The van der Waals surface area contributed by atoms with E-state index in [9.17, 15) is 4.79 Å². The van der Waals surface area contributed by atoms with Crippen molar-refractivity contribution in [1.82, 2.24) is 19.8 Å². The summed E-state index contributed by atoms with van der Waals surface area (Å²) in [4.78, 5) is 28.4. The van der Waals surface area contributed by atoms with Gasteiger partial charge in [0.15, 0.2) is 0 Å². The highest BCUT2D eigenvalue weighted by molar-refractivity contribution is 5.76. The second-order valence-corrected chi connectivity index (χ2v) is 8.06. The van der Waals surface area contributed by atoms with Crippen LogP contribution in [-0.2, 0) is 4.79 Å². The first-order valence-corrected chi connectivity index (χ1v) is 9.59. The molecular weight excluding hydrogens is 314 g/mol. The molecule has 3 heterocycles. The normalized spacial score (nSPS) is 28.5. The number of hydrogen-bond donors (Lipinski definition) is 0. The molecule has 25 heavy (non-hydrogen) atoms. The van der Waals surface area contributed by atoms with Gasteiger partial charge in [-0.2, -0.15) is 0 Å². The molecule has 3 aliphatic rings. The summed E-state index contributed by atoms with van der Waals surface area (Å²) in [6, 6.07) is 2.01. The summed E-state index contributed by atoms with van der Waals surface area (Å²) in [6.07, 6.45) is 7.13. The first-order chi connectivity index (χ1) is 12.1. The molecule has 6 nitrogen and oxygen atoms in total. The lowest BCUT2D eigenvalue weighted by Gasteiger charge is -2.49. The fraction of sp³-hybridized carbons (Fsp3) is 0.737. The fourth-order valence-electron chi connectivity index (χ4n) is 4.31. The number of anilines is 1. The molecule has 6 heteroatoms. The van der Waals surface area contributed by atoms with E-state index in [2.05, 4.69) is 31.7 Å². The molecule has 136 valence electrons. The van der Waals surface area contributed by atoms with Gasteiger partial charge in [-0.1, -0.05) is 0 Å². The third kappa shape index (κ3) is 3.50. The van der Waals surface area contributed by atoms with Crippen LogP contribution in [0.4, 0.5) is 5.82 Å². The first kappa shape index (κ1) is 16.8. The van der Waals surface area contributed by atoms with E-state index in [4.69, 9.17) is 0 Å². The number of nitrogens with zero attached hydrogens (tertiary/aromatic N) is 5. The van der Waals surface area contributed by atoms with E-state index in [1.165, 1.54) is 12.8 Å². The van der Waals surface area contributed by atoms with Crippen molar-refractivity contribution >= 4 is 11.7 Å². The molecule has 2 saturated heterocycles. The molecule has 1 spiro atoms. The lowest BCUT2D eigenvalue weighted by atomic mass is 9.86. The third-order valence-corrected chi connectivity index (χ3v) is 6.27. The minimum atomic E-state index is 0.0745. The van der Waals surface area contributed by atoms with Gasteiger partial charge in [-0.05, 0) is 51.6 Å². The van der Waals surface area contributed by atoms with E-state index in [1.54, 1.807) is 0 Å². The Bertz CT molecular complexity index is 646. The Labute approximate surface area is 150 Å². The van der Waals surface area contributed by atoms with Crippen LogP contribution in [0.1, 0.15) is 37.9 Å². The van der Waals surface area contributed by atoms with Gasteiger partial charge < -0.3 is 9.80 Å². The highest BCUT2D eigenvalue weighted by Crippen LogP contribution is 2.35. The predicted molar refractivity (Wildman–Crippen MR) is 97.5 cm³/mol. The van der Waals surface area contributed by atoms with Gasteiger partial charge in [0.05, 0.1) is 0 Å². The fourth-order valence-corrected chi connectivity index (χ4v) is 4.31. The van der Waals surface area contributed by atoms with Gasteiger partial charge in [-0.25, -0.2) is 9.97 Å². The zero-order valence-corrected chi connectivity index (χ0v) is 15.4. The van der Waals surface area contributed by atoms with Gasteiger partial charge in [0.25, 0.3) is 0 Å². The summed E-state index contributed by atoms with van der Waals surface area (Å²) in [5, 5.41) is 0. The van der Waals surface area contributed by atoms with Gasteiger partial charge in [0.1, 0.15) is 11.6 Å². The highest BCUT2D eigenvalue weighted by Gasteiger charge is 2.43. The van der Waals surface area contributed by atoms with Crippen molar-refractivity contribution in [3.8, 4) is 0 Å². The number of carbonyl (C=O) groups excluding carboxylic acids is 1. The average molecular weight is 343 g/mol. The SMILES string of the molecule is Cc1nccc(N2CCN(C)[C@@]3(CCC(=O)N(CC4CC4)CC3)C2)n1. The van der Waals surface area contributed by atoms with Gasteiger partial charge in [0, 0.05) is 50.9 Å². The van der Waals surface area contributed by atoms with Gasteiger partial charge >= 0.3 is 0 Å². The van der Waals surface area contributed by atoms with Crippen molar-refractivity contribution in [2.45, 2.75) is 44.6 Å². The zero-order chi connectivity index (χ0) is 17.4. The van der Waals surface area contributed by atoms with Gasteiger partial charge in [-0.15, -0.1) is 0 Å². The summed E-state index contributed by atoms with van der Waals surface area (Å²) in [5.74, 6) is 2.96. The van der Waals surface area contributed by atoms with E-state index < -0.39 is 0 Å². The Morgan fingerprint density at radius 3 is 2.84 bits per heavy atom. The lowest BCUT2D eigenvalue weighted by molar-refractivity contribution is -0.130. The van der Waals surface area contributed by atoms with Crippen LogP contribution in [0, 0.1) is 12.8 Å². The van der Waals surface area contributed by atoms with E-state index in [0.717, 1.165) is 63.1 Å².